The molecule has 1 heterocycles. The van der Waals surface area contributed by atoms with Crippen LogP contribution < -0.4 is 0 Å². The van der Waals surface area contributed by atoms with Crippen molar-refractivity contribution in [1.29, 1.82) is 5.26 Å². The fraction of sp³-hybridized carbons (Fsp3) is 0.727. The fourth-order valence-corrected chi connectivity index (χ4v) is 2.39. The van der Waals surface area contributed by atoms with Gasteiger partial charge in [0.05, 0.1) is 30.6 Å². The zero-order valence-electron chi connectivity index (χ0n) is 9.85. The van der Waals surface area contributed by atoms with Crippen LogP contribution in [0, 0.1) is 17.2 Å². The largest absolute Gasteiger partial charge is 0.469 e. The molecule has 1 saturated heterocycles. The van der Waals surface area contributed by atoms with Gasteiger partial charge >= 0.3 is 5.97 Å². The Balaban J connectivity index is 2.41. The van der Waals surface area contributed by atoms with E-state index in [2.05, 4.69) is 0 Å². The third kappa shape index (κ3) is 4.27. The number of esters is 1. The second-order valence-electron chi connectivity index (χ2n) is 3.85. The molecule has 5 nitrogen and oxygen atoms in total. The minimum absolute atomic E-state index is 0.00106. The van der Waals surface area contributed by atoms with Gasteiger partial charge in [0.15, 0.2) is 0 Å². The maximum absolute atomic E-state index is 11.8. The van der Waals surface area contributed by atoms with Crippen LogP contribution >= 0.6 is 11.8 Å². The number of rotatable bonds is 4. The van der Waals surface area contributed by atoms with Gasteiger partial charge in [0.2, 0.25) is 5.91 Å². The quantitative estimate of drug-likeness (QED) is 0.545. The summed E-state index contributed by atoms with van der Waals surface area (Å²) in [5.41, 5.74) is 0. The monoisotopic (exact) mass is 256 g/mol. The molecule has 0 bridgehead atoms. The average molecular weight is 256 g/mol. The van der Waals surface area contributed by atoms with Crippen LogP contribution in [0.5, 0.6) is 0 Å². The average Bonchev–Trinajstić information content (AvgIpc) is 2.38. The molecule has 0 aromatic carbocycles. The number of nitrogens with zero attached hydrogens (tertiary/aromatic N) is 2. The second kappa shape index (κ2) is 7.17. The number of thioether (sulfide) groups is 1. The van der Waals surface area contributed by atoms with E-state index in [1.807, 2.05) is 6.07 Å². The Morgan fingerprint density at radius 3 is 3.00 bits per heavy atom. The Bertz CT molecular complexity index is 327. The predicted octanol–water partition coefficient (Wildman–Crippen LogP) is 0.655. The second-order valence-corrected chi connectivity index (χ2v) is 4.84. The predicted molar refractivity (Wildman–Crippen MR) is 64.3 cm³/mol. The number of ether oxygens (including phenoxy) is 1. The smallest absolute Gasteiger partial charge is 0.310 e. The first kappa shape index (κ1) is 13.8. The summed E-state index contributed by atoms with van der Waals surface area (Å²) in [6, 6.07) is 1.98. The zero-order chi connectivity index (χ0) is 12.7. The topological polar surface area (TPSA) is 70.4 Å². The third-order valence-electron chi connectivity index (χ3n) is 2.70. The van der Waals surface area contributed by atoms with Crippen LogP contribution in [0.2, 0.25) is 0 Å². The number of carbonyl (C=O) groups is 2. The fourth-order valence-electron chi connectivity index (χ4n) is 1.84. The molecule has 1 fully saturated rings. The molecule has 0 saturated carbocycles. The molecular formula is C11H16N2O3S. The molecule has 1 atom stereocenters. The summed E-state index contributed by atoms with van der Waals surface area (Å²) in [4.78, 5) is 24.8. The molecule has 1 aliphatic rings. The van der Waals surface area contributed by atoms with Crippen molar-refractivity contribution in [2.75, 3.05) is 31.7 Å². The Labute approximate surface area is 105 Å². The van der Waals surface area contributed by atoms with E-state index >= 15 is 0 Å². The maximum Gasteiger partial charge on any atom is 0.310 e. The minimum atomic E-state index is -0.243. The molecule has 0 aromatic rings. The summed E-state index contributed by atoms with van der Waals surface area (Å²) in [5.74, 6) is 0.186. The minimum Gasteiger partial charge on any atom is -0.469 e. The standard InChI is InChI=1S/C11H16N2O3S/c1-16-11(15)9-3-2-5-13(7-9)10(14)8-17-6-4-12/h9H,2-3,5-8H2,1H3/t9-/m0/s1. The van der Waals surface area contributed by atoms with Gasteiger partial charge in [-0.15, -0.1) is 11.8 Å². The van der Waals surface area contributed by atoms with Crippen molar-refractivity contribution in [2.24, 2.45) is 5.92 Å². The zero-order valence-corrected chi connectivity index (χ0v) is 10.7. The molecule has 0 aromatic heterocycles. The van der Waals surface area contributed by atoms with Crippen molar-refractivity contribution < 1.29 is 14.3 Å². The van der Waals surface area contributed by atoms with E-state index in [0.29, 0.717) is 24.6 Å². The Hall–Kier alpha value is -1.22. The van der Waals surface area contributed by atoms with Crippen LogP contribution in [-0.4, -0.2) is 48.5 Å². The Kier molecular flexibility index (Phi) is 5.84. The van der Waals surface area contributed by atoms with Crippen LogP contribution in [-0.2, 0) is 14.3 Å². The van der Waals surface area contributed by atoms with Gasteiger partial charge in [-0.1, -0.05) is 0 Å². The molecule has 17 heavy (non-hydrogen) atoms. The highest BCUT2D eigenvalue weighted by atomic mass is 32.2. The molecule has 1 rings (SSSR count). The van der Waals surface area contributed by atoms with Gasteiger partial charge in [0, 0.05) is 13.1 Å². The summed E-state index contributed by atoms with van der Waals surface area (Å²) in [5, 5.41) is 8.38. The molecule has 0 radical (unpaired) electrons. The van der Waals surface area contributed by atoms with Crippen LogP contribution in [0.15, 0.2) is 0 Å². The molecule has 94 valence electrons. The van der Waals surface area contributed by atoms with E-state index in [4.69, 9.17) is 10.00 Å². The van der Waals surface area contributed by atoms with Crippen molar-refractivity contribution >= 4 is 23.6 Å². The first-order valence-electron chi connectivity index (χ1n) is 5.49. The van der Waals surface area contributed by atoms with E-state index in [9.17, 15) is 9.59 Å². The number of methoxy groups -OCH3 is 1. The van der Waals surface area contributed by atoms with Gasteiger partial charge in [0.1, 0.15) is 0 Å². The lowest BCUT2D eigenvalue weighted by molar-refractivity contribution is -0.148. The lowest BCUT2D eigenvalue weighted by Crippen LogP contribution is -2.43. The van der Waals surface area contributed by atoms with E-state index in [1.165, 1.54) is 18.9 Å². The van der Waals surface area contributed by atoms with E-state index in [-0.39, 0.29) is 17.8 Å². The van der Waals surface area contributed by atoms with Gasteiger partial charge in [-0.3, -0.25) is 9.59 Å². The van der Waals surface area contributed by atoms with Crippen molar-refractivity contribution in [1.82, 2.24) is 4.90 Å². The number of hydrogen-bond donors (Lipinski definition) is 0. The van der Waals surface area contributed by atoms with Crippen LogP contribution in [0.25, 0.3) is 0 Å². The van der Waals surface area contributed by atoms with Gasteiger partial charge in [0.25, 0.3) is 0 Å². The number of carbonyl (C=O) groups excluding carboxylic acids is 2. The number of nitriles is 1. The van der Waals surface area contributed by atoms with E-state index in [1.54, 1.807) is 4.90 Å². The SMILES string of the molecule is COC(=O)[C@H]1CCCN(C(=O)CSCC#N)C1. The highest BCUT2D eigenvalue weighted by molar-refractivity contribution is 8.00. The van der Waals surface area contributed by atoms with Crippen LogP contribution in [0.4, 0.5) is 0 Å². The summed E-state index contributed by atoms with van der Waals surface area (Å²) in [6.07, 6.45) is 1.61. The highest BCUT2D eigenvalue weighted by Gasteiger charge is 2.28. The molecule has 6 heteroatoms. The van der Waals surface area contributed by atoms with Gasteiger partial charge < -0.3 is 9.64 Å². The normalized spacial score (nSPS) is 19.5. The molecule has 1 aliphatic heterocycles. The lowest BCUT2D eigenvalue weighted by atomic mass is 9.98. The first-order valence-corrected chi connectivity index (χ1v) is 6.64. The number of piperidine rings is 1. The van der Waals surface area contributed by atoms with Crippen molar-refractivity contribution in [3.63, 3.8) is 0 Å². The summed E-state index contributed by atoms with van der Waals surface area (Å²) in [6.45, 7) is 1.14. The molecule has 0 unspecified atom stereocenters. The number of amides is 1. The Morgan fingerprint density at radius 1 is 1.59 bits per heavy atom. The van der Waals surface area contributed by atoms with E-state index < -0.39 is 0 Å². The number of hydrogen-bond acceptors (Lipinski definition) is 5. The van der Waals surface area contributed by atoms with Gasteiger partial charge in [-0.25, -0.2) is 0 Å². The number of likely N-dealkylation sites (tertiary alicyclic amines) is 1. The summed E-state index contributed by atoms with van der Waals surface area (Å²) in [7, 11) is 1.37. The van der Waals surface area contributed by atoms with Crippen molar-refractivity contribution in [3.05, 3.63) is 0 Å². The van der Waals surface area contributed by atoms with Crippen LogP contribution in [0.3, 0.4) is 0 Å². The molecule has 0 N–H and O–H groups in total. The van der Waals surface area contributed by atoms with Crippen LogP contribution in [0.1, 0.15) is 12.8 Å². The maximum atomic E-state index is 11.8. The first-order chi connectivity index (χ1) is 8.19. The van der Waals surface area contributed by atoms with E-state index in [0.717, 1.165) is 12.8 Å². The van der Waals surface area contributed by atoms with Crippen molar-refractivity contribution in [3.8, 4) is 6.07 Å². The molecule has 0 spiro atoms. The van der Waals surface area contributed by atoms with Crippen molar-refractivity contribution in [2.45, 2.75) is 12.8 Å². The lowest BCUT2D eigenvalue weighted by Gasteiger charge is -2.31. The van der Waals surface area contributed by atoms with Gasteiger partial charge in [-0.2, -0.15) is 5.26 Å². The molecular weight excluding hydrogens is 240 g/mol. The highest BCUT2D eigenvalue weighted by Crippen LogP contribution is 2.18. The molecule has 0 aliphatic carbocycles. The Morgan fingerprint density at radius 2 is 2.35 bits per heavy atom. The van der Waals surface area contributed by atoms with Gasteiger partial charge in [-0.05, 0) is 12.8 Å². The third-order valence-corrected chi connectivity index (χ3v) is 3.49. The summed E-state index contributed by atoms with van der Waals surface area (Å²) < 4.78 is 4.69. The summed E-state index contributed by atoms with van der Waals surface area (Å²) >= 11 is 1.30. The molecule has 1 amide bonds.